The molecule has 1 N–H and O–H groups in total. The smallest absolute Gasteiger partial charge is 0.338 e. The van der Waals surface area contributed by atoms with Crippen molar-refractivity contribution in [3.05, 3.63) is 98.0 Å². The fourth-order valence-corrected chi connectivity index (χ4v) is 4.04. The Hall–Kier alpha value is -2.64. The number of aryl methyl sites for hydroxylation is 1. The maximum Gasteiger partial charge on any atom is 0.338 e. The molecule has 0 spiro atoms. The molecule has 34 heavy (non-hydrogen) atoms. The van der Waals surface area contributed by atoms with Gasteiger partial charge in [-0.2, -0.15) is 0 Å². The van der Waals surface area contributed by atoms with E-state index in [2.05, 4.69) is 5.32 Å². The van der Waals surface area contributed by atoms with E-state index in [9.17, 15) is 9.59 Å². The molecule has 0 unspecified atom stereocenters. The average Bonchev–Trinajstić information content (AvgIpc) is 2.81. The van der Waals surface area contributed by atoms with Crippen LogP contribution in [0, 0.1) is 6.92 Å². The summed E-state index contributed by atoms with van der Waals surface area (Å²) in [6.07, 6.45) is 0. The lowest BCUT2D eigenvalue weighted by Crippen LogP contribution is -2.42. The number of benzene rings is 3. The second kappa shape index (κ2) is 11.7. The van der Waals surface area contributed by atoms with Crippen molar-refractivity contribution in [2.75, 3.05) is 11.5 Å². The highest BCUT2D eigenvalue weighted by Crippen LogP contribution is 2.28. The number of hydrogen-bond donors (Lipinski definition) is 1. The Labute approximate surface area is 218 Å². The summed E-state index contributed by atoms with van der Waals surface area (Å²) >= 11 is 24.5. The number of amides is 1. The Morgan fingerprint density at radius 2 is 1.56 bits per heavy atom. The van der Waals surface area contributed by atoms with Crippen LogP contribution in [0.15, 0.2) is 60.7 Å². The van der Waals surface area contributed by atoms with Crippen LogP contribution in [0.2, 0.25) is 15.1 Å². The highest BCUT2D eigenvalue weighted by Gasteiger charge is 2.20. The fourth-order valence-electron chi connectivity index (χ4n) is 3.08. The van der Waals surface area contributed by atoms with Crippen LogP contribution >= 0.6 is 47.0 Å². The van der Waals surface area contributed by atoms with Crippen LogP contribution in [-0.2, 0) is 11.3 Å². The van der Waals surface area contributed by atoms with Crippen molar-refractivity contribution in [2.45, 2.75) is 20.4 Å². The van der Waals surface area contributed by atoms with Gasteiger partial charge in [-0.15, -0.1) is 0 Å². The van der Waals surface area contributed by atoms with Crippen molar-refractivity contribution in [1.29, 1.82) is 0 Å². The van der Waals surface area contributed by atoms with E-state index in [-0.39, 0.29) is 18.3 Å². The van der Waals surface area contributed by atoms with Gasteiger partial charge in [-0.25, -0.2) is 4.79 Å². The van der Waals surface area contributed by atoms with E-state index >= 15 is 0 Å². The first-order chi connectivity index (χ1) is 16.2. The molecule has 9 heteroatoms. The van der Waals surface area contributed by atoms with E-state index in [1.807, 2.05) is 6.92 Å². The van der Waals surface area contributed by atoms with Gasteiger partial charge in [0.25, 0.3) is 5.91 Å². The van der Waals surface area contributed by atoms with E-state index < -0.39 is 11.9 Å². The quantitative estimate of drug-likeness (QED) is 0.276. The lowest BCUT2D eigenvalue weighted by atomic mass is 10.1. The molecule has 0 atom stereocenters. The van der Waals surface area contributed by atoms with Crippen LogP contribution in [0.5, 0.6) is 0 Å². The second-order valence-electron chi connectivity index (χ2n) is 7.28. The molecule has 3 aromatic rings. The highest BCUT2D eigenvalue weighted by molar-refractivity contribution is 7.80. The van der Waals surface area contributed by atoms with Crippen molar-refractivity contribution < 1.29 is 14.3 Å². The largest absolute Gasteiger partial charge is 0.462 e. The van der Waals surface area contributed by atoms with E-state index in [0.29, 0.717) is 37.4 Å². The summed E-state index contributed by atoms with van der Waals surface area (Å²) in [6.45, 7) is 4.05. The Balaban J connectivity index is 1.92. The summed E-state index contributed by atoms with van der Waals surface area (Å²) in [5.74, 6) is -0.841. The first kappa shape index (κ1) is 26.0. The molecule has 0 aliphatic carbocycles. The van der Waals surface area contributed by atoms with Gasteiger partial charge in [0, 0.05) is 31.9 Å². The minimum absolute atomic E-state index is 0.126. The Kier molecular flexibility index (Phi) is 8.91. The van der Waals surface area contributed by atoms with Crippen LogP contribution in [0.4, 0.5) is 5.69 Å². The number of carbonyl (C=O) groups excluding carboxylic acids is 2. The van der Waals surface area contributed by atoms with Crippen molar-refractivity contribution in [3.63, 3.8) is 0 Å². The summed E-state index contributed by atoms with van der Waals surface area (Å²) in [7, 11) is 0. The zero-order chi connectivity index (χ0) is 24.8. The van der Waals surface area contributed by atoms with Crippen LogP contribution in [0.1, 0.15) is 38.8 Å². The van der Waals surface area contributed by atoms with E-state index in [4.69, 9.17) is 51.8 Å². The summed E-state index contributed by atoms with van der Waals surface area (Å²) in [6, 6.07) is 16.9. The molecule has 0 fully saturated rings. The van der Waals surface area contributed by atoms with Gasteiger partial charge in [0.1, 0.15) is 0 Å². The van der Waals surface area contributed by atoms with Crippen LogP contribution < -0.4 is 10.2 Å². The van der Waals surface area contributed by atoms with Crippen molar-refractivity contribution in [3.8, 4) is 0 Å². The average molecular weight is 536 g/mol. The molecule has 0 aliphatic heterocycles. The second-order valence-corrected chi connectivity index (χ2v) is 8.89. The number of halogens is 3. The van der Waals surface area contributed by atoms with Gasteiger partial charge in [0.05, 0.1) is 18.7 Å². The maximum absolute atomic E-state index is 12.9. The van der Waals surface area contributed by atoms with Crippen LogP contribution in [0.3, 0.4) is 0 Å². The van der Waals surface area contributed by atoms with Gasteiger partial charge in [0.2, 0.25) is 0 Å². The van der Waals surface area contributed by atoms with Gasteiger partial charge in [-0.05, 0) is 80.2 Å². The van der Waals surface area contributed by atoms with E-state index in [1.54, 1.807) is 72.5 Å². The number of carbonyl (C=O) groups is 2. The van der Waals surface area contributed by atoms with Crippen LogP contribution in [0.25, 0.3) is 0 Å². The molecule has 0 saturated carbocycles. The van der Waals surface area contributed by atoms with Crippen LogP contribution in [-0.4, -0.2) is 23.6 Å². The molecular weight excluding hydrogens is 515 g/mol. The first-order valence-electron chi connectivity index (χ1n) is 10.3. The lowest BCUT2D eigenvalue weighted by molar-refractivity contribution is 0.0526. The third-order valence-corrected chi connectivity index (χ3v) is 6.41. The minimum Gasteiger partial charge on any atom is -0.462 e. The Morgan fingerprint density at radius 1 is 0.941 bits per heavy atom. The lowest BCUT2D eigenvalue weighted by Gasteiger charge is -2.26. The topological polar surface area (TPSA) is 58.6 Å². The predicted molar refractivity (Wildman–Crippen MR) is 141 cm³/mol. The number of nitrogens with one attached hydrogen (secondary N) is 1. The molecular formula is C25H21Cl3N2O3S. The fraction of sp³-hybridized carbons (Fsp3) is 0.160. The monoisotopic (exact) mass is 534 g/mol. The van der Waals surface area contributed by atoms with Gasteiger partial charge in [0.15, 0.2) is 5.11 Å². The minimum atomic E-state index is -0.429. The van der Waals surface area contributed by atoms with Gasteiger partial charge < -0.3 is 9.64 Å². The van der Waals surface area contributed by atoms with E-state index in [0.717, 1.165) is 5.56 Å². The molecule has 3 rings (SSSR count). The number of anilines is 1. The third kappa shape index (κ3) is 6.27. The molecule has 5 nitrogen and oxygen atoms in total. The molecule has 0 aliphatic rings. The maximum atomic E-state index is 12.9. The summed E-state index contributed by atoms with van der Waals surface area (Å²) < 4.78 is 5.04. The molecule has 0 radical (unpaired) electrons. The molecule has 0 aromatic heterocycles. The Bertz CT molecular complexity index is 1210. The normalized spacial score (nSPS) is 10.5. The van der Waals surface area contributed by atoms with Gasteiger partial charge in [-0.1, -0.05) is 46.9 Å². The molecule has 0 heterocycles. The number of ether oxygens (including phenoxy) is 1. The molecule has 1 amide bonds. The number of rotatable bonds is 6. The number of nitrogens with zero attached hydrogens (tertiary/aromatic N) is 1. The van der Waals surface area contributed by atoms with Crippen molar-refractivity contribution in [1.82, 2.24) is 5.32 Å². The summed E-state index contributed by atoms with van der Waals surface area (Å²) in [4.78, 5) is 26.6. The first-order valence-corrected chi connectivity index (χ1v) is 11.8. The van der Waals surface area contributed by atoms with E-state index in [1.165, 1.54) is 0 Å². The standard InChI is InChI=1S/C25H21Cl3N2O3S/c1-3-33-24(32)16-9-11-18(12-10-16)30(14-19-20(26)5-4-6-21(19)27)25(34)29-23(31)17-8-7-15(2)22(28)13-17/h4-13H,3,14H2,1-2H3,(H,29,31,34). The van der Waals surface area contributed by atoms with Gasteiger partial charge in [-0.3, -0.25) is 10.1 Å². The zero-order valence-corrected chi connectivity index (χ0v) is 21.5. The van der Waals surface area contributed by atoms with Crippen molar-refractivity contribution >= 4 is 69.7 Å². The predicted octanol–water partition coefficient (Wildman–Crippen LogP) is 6.85. The zero-order valence-electron chi connectivity index (χ0n) is 18.4. The molecule has 0 bridgehead atoms. The molecule has 3 aromatic carbocycles. The van der Waals surface area contributed by atoms with Gasteiger partial charge >= 0.3 is 5.97 Å². The molecule has 0 saturated heterocycles. The summed E-state index contributed by atoms with van der Waals surface area (Å²) in [5, 5.41) is 4.26. The SMILES string of the molecule is CCOC(=O)c1ccc(N(Cc2c(Cl)cccc2Cl)C(=S)NC(=O)c2ccc(C)c(Cl)c2)cc1. The number of esters is 1. The summed E-state index contributed by atoms with van der Waals surface area (Å²) in [5.41, 5.74) is 2.88. The Morgan fingerprint density at radius 3 is 2.15 bits per heavy atom. The highest BCUT2D eigenvalue weighted by atomic mass is 35.5. The number of thiocarbonyl (C=S) groups is 1. The van der Waals surface area contributed by atoms with Crippen molar-refractivity contribution in [2.24, 2.45) is 0 Å². The molecule has 176 valence electrons. The number of hydrogen-bond acceptors (Lipinski definition) is 4. The third-order valence-electron chi connectivity index (χ3n) is 4.97.